The third-order valence-electron chi connectivity index (χ3n) is 3.63. The second kappa shape index (κ2) is 8.10. The van der Waals surface area contributed by atoms with Crippen molar-refractivity contribution < 1.29 is 9.53 Å². The van der Waals surface area contributed by atoms with Crippen LogP contribution in [-0.2, 0) is 11.8 Å². The largest absolute Gasteiger partial charge is 0.491 e. The number of fused-ring (bicyclic) bond motifs is 1. The van der Waals surface area contributed by atoms with Gasteiger partial charge >= 0.3 is 0 Å². The number of aromatic nitrogens is 3. The van der Waals surface area contributed by atoms with Crippen LogP contribution in [0.5, 0.6) is 5.75 Å². The van der Waals surface area contributed by atoms with E-state index in [-0.39, 0.29) is 5.91 Å². The quantitative estimate of drug-likeness (QED) is 0.532. The molecule has 0 spiro atoms. The molecule has 0 radical (unpaired) electrons. The molecule has 0 saturated carbocycles. The number of amides is 1. The number of carbonyl (C=O) groups is 1. The van der Waals surface area contributed by atoms with Crippen molar-refractivity contribution >= 4 is 22.9 Å². The fourth-order valence-electron chi connectivity index (χ4n) is 2.42. The Morgan fingerprint density at radius 2 is 2.20 bits per heavy atom. The van der Waals surface area contributed by atoms with Crippen molar-refractivity contribution in [3.05, 3.63) is 60.6 Å². The molecule has 0 aliphatic heterocycles. The lowest BCUT2D eigenvalue weighted by Gasteiger charge is -2.08. The molecule has 6 nitrogen and oxygen atoms in total. The predicted octanol–water partition coefficient (Wildman–Crippen LogP) is 2.57. The highest BCUT2D eigenvalue weighted by molar-refractivity contribution is 5.91. The molecule has 0 fully saturated rings. The first-order chi connectivity index (χ1) is 12.2. The number of para-hydroxylation sites is 1. The van der Waals surface area contributed by atoms with Gasteiger partial charge in [-0.15, -0.1) is 0 Å². The zero-order chi connectivity index (χ0) is 17.5. The Labute approximate surface area is 146 Å². The molecule has 1 amide bonds. The summed E-state index contributed by atoms with van der Waals surface area (Å²) in [7, 11) is 1.84. The van der Waals surface area contributed by atoms with E-state index in [1.807, 2.05) is 43.6 Å². The highest BCUT2D eigenvalue weighted by Gasteiger charge is 2.02. The van der Waals surface area contributed by atoms with Crippen LogP contribution in [0.2, 0.25) is 0 Å². The number of hydrogen-bond acceptors (Lipinski definition) is 4. The monoisotopic (exact) mass is 336 g/mol. The smallest absolute Gasteiger partial charge is 0.244 e. The van der Waals surface area contributed by atoms with Crippen molar-refractivity contribution in [2.24, 2.45) is 7.05 Å². The van der Waals surface area contributed by atoms with E-state index in [9.17, 15) is 4.79 Å². The predicted molar refractivity (Wildman–Crippen MR) is 97.1 cm³/mol. The molecule has 0 aliphatic carbocycles. The molecule has 0 unspecified atom stereocenters. The number of carbonyl (C=O) groups excluding carboxylic acids is 1. The highest BCUT2D eigenvalue weighted by Crippen LogP contribution is 2.22. The molecule has 0 aliphatic rings. The molecule has 3 aromatic rings. The molecule has 0 atom stereocenters. The number of rotatable bonds is 7. The highest BCUT2D eigenvalue weighted by atomic mass is 16.5. The summed E-state index contributed by atoms with van der Waals surface area (Å²) < 4.78 is 7.48. The van der Waals surface area contributed by atoms with Gasteiger partial charge in [0.2, 0.25) is 5.91 Å². The van der Waals surface area contributed by atoms with E-state index in [0.29, 0.717) is 13.2 Å². The van der Waals surface area contributed by atoms with Crippen LogP contribution in [0, 0.1) is 0 Å². The Hall–Kier alpha value is -3.15. The summed E-state index contributed by atoms with van der Waals surface area (Å²) in [6.45, 7) is 1.07. The SMILES string of the molecule is Cn1cc(/C=C/C(=O)NCCCOc2cccc3cccnc23)cn1. The minimum Gasteiger partial charge on any atom is -0.491 e. The lowest BCUT2D eigenvalue weighted by molar-refractivity contribution is -0.116. The summed E-state index contributed by atoms with van der Waals surface area (Å²) in [6, 6.07) is 9.77. The van der Waals surface area contributed by atoms with Gasteiger partial charge in [-0.3, -0.25) is 14.5 Å². The molecule has 2 heterocycles. The maximum atomic E-state index is 11.8. The molecule has 2 aromatic heterocycles. The summed E-state index contributed by atoms with van der Waals surface area (Å²) in [5.74, 6) is 0.636. The normalized spacial score (nSPS) is 11.1. The van der Waals surface area contributed by atoms with E-state index >= 15 is 0 Å². The van der Waals surface area contributed by atoms with Gasteiger partial charge in [-0.1, -0.05) is 18.2 Å². The van der Waals surface area contributed by atoms with Gasteiger partial charge in [0.25, 0.3) is 0 Å². The molecule has 6 heteroatoms. The molecule has 3 rings (SSSR count). The number of ether oxygens (including phenoxy) is 1. The van der Waals surface area contributed by atoms with Gasteiger partial charge in [-0.05, 0) is 24.6 Å². The van der Waals surface area contributed by atoms with Gasteiger partial charge in [-0.25, -0.2) is 0 Å². The fourth-order valence-corrected chi connectivity index (χ4v) is 2.42. The van der Waals surface area contributed by atoms with Crippen LogP contribution < -0.4 is 10.1 Å². The Morgan fingerprint density at radius 1 is 1.32 bits per heavy atom. The van der Waals surface area contributed by atoms with Crippen molar-refractivity contribution in [2.75, 3.05) is 13.2 Å². The number of pyridine rings is 1. The van der Waals surface area contributed by atoms with Crippen LogP contribution >= 0.6 is 0 Å². The molecular formula is C19H20N4O2. The Balaban J connectivity index is 1.41. The minimum absolute atomic E-state index is 0.129. The topological polar surface area (TPSA) is 69.0 Å². The first-order valence-corrected chi connectivity index (χ1v) is 8.13. The van der Waals surface area contributed by atoms with E-state index in [0.717, 1.165) is 28.6 Å². The molecule has 1 N–H and O–H groups in total. The standard InChI is InChI=1S/C19H20N4O2/c1-23-14-15(13-22-23)8-9-18(24)20-11-4-12-25-17-7-2-5-16-6-3-10-21-19(16)17/h2-3,5-10,13-14H,4,11-12H2,1H3,(H,20,24)/b9-8+. The van der Waals surface area contributed by atoms with Crippen LogP contribution in [0.4, 0.5) is 0 Å². The Morgan fingerprint density at radius 3 is 3.04 bits per heavy atom. The maximum absolute atomic E-state index is 11.8. The molecule has 0 saturated heterocycles. The second-order valence-corrected chi connectivity index (χ2v) is 5.60. The number of benzene rings is 1. The first kappa shape index (κ1) is 16.7. The average molecular weight is 336 g/mol. The molecular weight excluding hydrogens is 316 g/mol. The van der Waals surface area contributed by atoms with Gasteiger partial charge in [0.1, 0.15) is 11.3 Å². The summed E-state index contributed by atoms with van der Waals surface area (Å²) in [5.41, 5.74) is 1.75. The van der Waals surface area contributed by atoms with Gasteiger partial charge in [0.15, 0.2) is 0 Å². The van der Waals surface area contributed by atoms with E-state index in [1.165, 1.54) is 6.08 Å². The molecule has 128 valence electrons. The Kier molecular flexibility index (Phi) is 5.41. The number of hydrogen-bond donors (Lipinski definition) is 1. The zero-order valence-corrected chi connectivity index (χ0v) is 14.1. The average Bonchev–Trinajstić information content (AvgIpc) is 3.05. The van der Waals surface area contributed by atoms with Gasteiger partial charge in [0, 0.05) is 43.0 Å². The first-order valence-electron chi connectivity index (χ1n) is 8.13. The summed E-state index contributed by atoms with van der Waals surface area (Å²) in [6.07, 6.45) is 9.26. The number of aryl methyl sites for hydroxylation is 1. The van der Waals surface area contributed by atoms with Gasteiger partial charge < -0.3 is 10.1 Å². The van der Waals surface area contributed by atoms with Crippen LogP contribution in [0.25, 0.3) is 17.0 Å². The van der Waals surface area contributed by atoms with Crippen molar-refractivity contribution in [1.82, 2.24) is 20.1 Å². The van der Waals surface area contributed by atoms with Gasteiger partial charge in [0.05, 0.1) is 12.8 Å². The van der Waals surface area contributed by atoms with Crippen molar-refractivity contribution in [1.29, 1.82) is 0 Å². The Bertz CT molecular complexity index is 881. The van der Waals surface area contributed by atoms with Crippen LogP contribution in [-0.4, -0.2) is 33.8 Å². The maximum Gasteiger partial charge on any atom is 0.244 e. The number of nitrogens with zero attached hydrogens (tertiary/aromatic N) is 3. The van der Waals surface area contributed by atoms with Gasteiger partial charge in [-0.2, -0.15) is 5.10 Å². The third kappa shape index (κ3) is 4.67. The summed E-state index contributed by atoms with van der Waals surface area (Å²) in [5, 5.41) is 7.93. The molecule has 0 bridgehead atoms. The lowest BCUT2D eigenvalue weighted by atomic mass is 10.2. The summed E-state index contributed by atoms with van der Waals surface area (Å²) >= 11 is 0. The molecule has 25 heavy (non-hydrogen) atoms. The fraction of sp³-hybridized carbons (Fsp3) is 0.211. The lowest BCUT2D eigenvalue weighted by Crippen LogP contribution is -2.23. The van der Waals surface area contributed by atoms with Crippen LogP contribution in [0.3, 0.4) is 0 Å². The minimum atomic E-state index is -0.129. The molecule has 1 aromatic carbocycles. The van der Waals surface area contributed by atoms with Crippen molar-refractivity contribution in [2.45, 2.75) is 6.42 Å². The van der Waals surface area contributed by atoms with E-state index in [4.69, 9.17) is 4.74 Å². The number of nitrogens with one attached hydrogen (secondary N) is 1. The van der Waals surface area contributed by atoms with E-state index in [2.05, 4.69) is 15.4 Å². The van der Waals surface area contributed by atoms with Crippen molar-refractivity contribution in [3.63, 3.8) is 0 Å². The van der Waals surface area contributed by atoms with Crippen LogP contribution in [0.1, 0.15) is 12.0 Å². The zero-order valence-electron chi connectivity index (χ0n) is 14.1. The second-order valence-electron chi connectivity index (χ2n) is 5.60. The van der Waals surface area contributed by atoms with Crippen molar-refractivity contribution in [3.8, 4) is 5.75 Å². The van der Waals surface area contributed by atoms with E-state index < -0.39 is 0 Å². The summed E-state index contributed by atoms with van der Waals surface area (Å²) in [4.78, 5) is 16.1. The third-order valence-corrected chi connectivity index (χ3v) is 3.63. The van der Waals surface area contributed by atoms with Crippen LogP contribution in [0.15, 0.2) is 55.0 Å². The van der Waals surface area contributed by atoms with E-state index in [1.54, 1.807) is 23.2 Å².